The maximum absolute atomic E-state index is 10.3. The highest BCUT2D eigenvalue weighted by Crippen LogP contribution is 2.30. The summed E-state index contributed by atoms with van der Waals surface area (Å²) < 4.78 is 2.04. The quantitative estimate of drug-likeness (QED) is 0.850. The van der Waals surface area contributed by atoms with Crippen molar-refractivity contribution in [1.82, 2.24) is 9.78 Å². The van der Waals surface area contributed by atoms with E-state index in [2.05, 4.69) is 5.10 Å². The molecule has 1 atom stereocenters. The first-order valence-electron chi connectivity index (χ1n) is 7.40. The summed E-state index contributed by atoms with van der Waals surface area (Å²) in [6.45, 7) is 0. The molecule has 4 nitrogen and oxygen atoms in total. The van der Waals surface area contributed by atoms with Crippen LogP contribution in [0.4, 0.5) is 5.69 Å². The molecule has 112 valence electrons. The monoisotopic (exact) mass is 305 g/mol. The maximum Gasteiger partial charge on any atom is 0.0865 e. The molecule has 1 saturated carbocycles. The molecule has 1 aliphatic carbocycles. The maximum atomic E-state index is 10.3. The Balaban J connectivity index is 1.70. The predicted octanol–water partition coefficient (Wildman–Crippen LogP) is 3.51. The number of halogens is 1. The van der Waals surface area contributed by atoms with E-state index in [0.717, 1.165) is 5.69 Å². The summed E-state index contributed by atoms with van der Waals surface area (Å²) in [6, 6.07) is 7.69. The third-order valence-electron chi connectivity index (χ3n) is 4.17. The van der Waals surface area contributed by atoms with Gasteiger partial charge in [-0.3, -0.25) is 4.68 Å². The van der Waals surface area contributed by atoms with Gasteiger partial charge < -0.3 is 10.8 Å². The van der Waals surface area contributed by atoms with Gasteiger partial charge in [0.25, 0.3) is 0 Å². The van der Waals surface area contributed by atoms with Crippen molar-refractivity contribution in [2.75, 3.05) is 5.73 Å². The molecule has 1 aromatic carbocycles. The van der Waals surface area contributed by atoms with Gasteiger partial charge in [0.05, 0.1) is 17.8 Å². The third-order valence-corrected chi connectivity index (χ3v) is 4.41. The van der Waals surface area contributed by atoms with Gasteiger partial charge >= 0.3 is 0 Å². The summed E-state index contributed by atoms with van der Waals surface area (Å²) in [6.07, 6.45) is 6.79. The van der Waals surface area contributed by atoms with Gasteiger partial charge in [0.15, 0.2) is 0 Å². The topological polar surface area (TPSA) is 64.1 Å². The summed E-state index contributed by atoms with van der Waals surface area (Å²) in [7, 11) is 0. The Morgan fingerprint density at radius 2 is 2.10 bits per heavy atom. The van der Waals surface area contributed by atoms with Crippen molar-refractivity contribution in [3.8, 4) is 0 Å². The molecule has 0 aliphatic heterocycles. The molecule has 1 aromatic heterocycles. The van der Waals surface area contributed by atoms with E-state index in [9.17, 15) is 5.11 Å². The Labute approximate surface area is 129 Å². The zero-order chi connectivity index (χ0) is 14.8. The second-order valence-electron chi connectivity index (χ2n) is 5.72. The molecular formula is C16H20ClN3O. The van der Waals surface area contributed by atoms with E-state index in [1.807, 2.05) is 16.9 Å². The molecular weight excluding hydrogens is 286 g/mol. The SMILES string of the molecule is Nc1cc(Cl)ccc1C(O)Cc1ccn(C2CCCC2)n1. The second-order valence-corrected chi connectivity index (χ2v) is 6.15. The number of aromatic nitrogens is 2. The van der Waals surface area contributed by atoms with Crippen molar-refractivity contribution in [3.63, 3.8) is 0 Å². The number of aliphatic hydroxyl groups excluding tert-OH is 1. The fraction of sp³-hybridized carbons (Fsp3) is 0.438. The minimum atomic E-state index is -0.658. The lowest BCUT2D eigenvalue weighted by Gasteiger charge is -2.13. The molecule has 3 N–H and O–H groups in total. The van der Waals surface area contributed by atoms with Crippen LogP contribution in [0, 0.1) is 0 Å². The molecule has 0 bridgehead atoms. The molecule has 1 heterocycles. The van der Waals surface area contributed by atoms with Crippen LogP contribution in [0.1, 0.15) is 49.1 Å². The number of aliphatic hydroxyl groups is 1. The van der Waals surface area contributed by atoms with E-state index in [-0.39, 0.29) is 0 Å². The van der Waals surface area contributed by atoms with Crippen molar-refractivity contribution < 1.29 is 5.11 Å². The first-order chi connectivity index (χ1) is 10.1. The van der Waals surface area contributed by atoms with E-state index >= 15 is 0 Å². The minimum absolute atomic E-state index is 0.464. The normalized spacial score (nSPS) is 17.2. The molecule has 0 amide bonds. The van der Waals surface area contributed by atoms with E-state index < -0.39 is 6.10 Å². The molecule has 1 unspecified atom stereocenters. The Hall–Kier alpha value is -1.52. The number of anilines is 1. The average Bonchev–Trinajstić information content (AvgIpc) is 3.08. The lowest BCUT2D eigenvalue weighted by molar-refractivity contribution is 0.177. The van der Waals surface area contributed by atoms with Gasteiger partial charge in [-0.1, -0.05) is 30.5 Å². The van der Waals surface area contributed by atoms with Crippen LogP contribution in [0.25, 0.3) is 0 Å². The second kappa shape index (κ2) is 6.08. The van der Waals surface area contributed by atoms with Crippen LogP contribution in [0.2, 0.25) is 5.02 Å². The Morgan fingerprint density at radius 3 is 2.81 bits per heavy atom. The number of benzene rings is 1. The molecule has 0 saturated heterocycles. The number of nitrogens with two attached hydrogens (primary N) is 1. The Morgan fingerprint density at radius 1 is 1.33 bits per heavy atom. The fourth-order valence-corrected chi connectivity index (χ4v) is 3.20. The largest absolute Gasteiger partial charge is 0.398 e. The smallest absolute Gasteiger partial charge is 0.0865 e. The van der Waals surface area contributed by atoms with Gasteiger partial charge in [-0.15, -0.1) is 0 Å². The highest BCUT2D eigenvalue weighted by Gasteiger charge is 2.19. The van der Waals surface area contributed by atoms with E-state index in [0.29, 0.717) is 28.7 Å². The molecule has 3 rings (SSSR count). The van der Waals surface area contributed by atoms with Crippen molar-refractivity contribution in [2.24, 2.45) is 0 Å². The van der Waals surface area contributed by atoms with Gasteiger partial charge in [-0.2, -0.15) is 5.10 Å². The Bertz CT molecular complexity index is 620. The van der Waals surface area contributed by atoms with Crippen LogP contribution >= 0.6 is 11.6 Å². The van der Waals surface area contributed by atoms with Crippen LogP contribution < -0.4 is 5.73 Å². The van der Waals surface area contributed by atoms with Gasteiger partial charge in [-0.25, -0.2) is 0 Å². The highest BCUT2D eigenvalue weighted by molar-refractivity contribution is 6.30. The predicted molar refractivity (Wildman–Crippen MR) is 84.3 cm³/mol. The first-order valence-corrected chi connectivity index (χ1v) is 7.78. The summed E-state index contributed by atoms with van der Waals surface area (Å²) in [5.41, 5.74) is 8.03. The summed E-state index contributed by atoms with van der Waals surface area (Å²) in [5.74, 6) is 0. The molecule has 0 spiro atoms. The lowest BCUT2D eigenvalue weighted by atomic mass is 10.0. The number of hydrogen-bond donors (Lipinski definition) is 2. The first kappa shape index (κ1) is 14.4. The number of nitrogens with zero attached hydrogens (tertiary/aromatic N) is 2. The Kier molecular flexibility index (Phi) is 4.17. The van der Waals surface area contributed by atoms with Crippen LogP contribution in [-0.4, -0.2) is 14.9 Å². The molecule has 1 aliphatic rings. The van der Waals surface area contributed by atoms with E-state index in [1.54, 1.807) is 18.2 Å². The van der Waals surface area contributed by atoms with Crippen LogP contribution in [-0.2, 0) is 6.42 Å². The summed E-state index contributed by atoms with van der Waals surface area (Å²) in [5, 5.41) is 15.5. The lowest BCUT2D eigenvalue weighted by Crippen LogP contribution is -2.08. The zero-order valence-electron chi connectivity index (χ0n) is 11.9. The van der Waals surface area contributed by atoms with Gasteiger partial charge in [-0.05, 0) is 31.0 Å². The number of nitrogen functional groups attached to an aromatic ring is 1. The molecule has 1 fully saturated rings. The van der Waals surface area contributed by atoms with Crippen molar-refractivity contribution >= 4 is 17.3 Å². The number of hydrogen-bond acceptors (Lipinski definition) is 3. The summed E-state index contributed by atoms with van der Waals surface area (Å²) >= 11 is 5.88. The van der Waals surface area contributed by atoms with Gasteiger partial charge in [0, 0.05) is 28.9 Å². The van der Waals surface area contributed by atoms with Gasteiger partial charge in [0.1, 0.15) is 0 Å². The van der Waals surface area contributed by atoms with Crippen molar-refractivity contribution in [2.45, 2.75) is 44.2 Å². The minimum Gasteiger partial charge on any atom is -0.398 e. The standard InChI is InChI=1S/C16H20ClN3O/c17-11-5-6-14(15(18)9-11)16(21)10-12-7-8-20(19-12)13-3-1-2-4-13/h5-9,13,16,21H,1-4,10,18H2. The molecule has 0 radical (unpaired) electrons. The fourth-order valence-electron chi connectivity index (χ4n) is 3.02. The summed E-state index contributed by atoms with van der Waals surface area (Å²) in [4.78, 5) is 0. The zero-order valence-corrected chi connectivity index (χ0v) is 12.6. The van der Waals surface area contributed by atoms with Crippen LogP contribution in [0.3, 0.4) is 0 Å². The van der Waals surface area contributed by atoms with Crippen LogP contribution in [0.5, 0.6) is 0 Å². The molecule has 5 heteroatoms. The van der Waals surface area contributed by atoms with Crippen LogP contribution in [0.15, 0.2) is 30.5 Å². The van der Waals surface area contributed by atoms with Crippen molar-refractivity contribution in [3.05, 3.63) is 46.7 Å². The van der Waals surface area contributed by atoms with E-state index in [4.69, 9.17) is 17.3 Å². The molecule has 2 aromatic rings. The van der Waals surface area contributed by atoms with Gasteiger partial charge in [0.2, 0.25) is 0 Å². The average molecular weight is 306 g/mol. The van der Waals surface area contributed by atoms with Crippen molar-refractivity contribution in [1.29, 1.82) is 0 Å². The highest BCUT2D eigenvalue weighted by atomic mass is 35.5. The number of rotatable bonds is 4. The third kappa shape index (κ3) is 3.22. The molecule has 21 heavy (non-hydrogen) atoms. The van der Waals surface area contributed by atoms with E-state index in [1.165, 1.54) is 25.7 Å².